The van der Waals surface area contributed by atoms with Crippen LogP contribution in [-0.2, 0) is 14.6 Å². The molecule has 0 aliphatic rings. The molecule has 0 fully saturated rings. The summed E-state index contributed by atoms with van der Waals surface area (Å²) in [4.78, 5) is 17.7. The van der Waals surface area contributed by atoms with Gasteiger partial charge in [-0.05, 0) is 38.5 Å². The molecule has 1 aromatic carbocycles. The minimum atomic E-state index is -5.08. The fourth-order valence-electron chi connectivity index (χ4n) is 2.63. The number of hydrogen-bond donors (Lipinski definition) is 4. The predicted molar refractivity (Wildman–Crippen MR) is 121 cm³/mol. The van der Waals surface area contributed by atoms with Crippen LogP contribution in [0.15, 0.2) is 29.3 Å². The van der Waals surface area contributed by atoms with Gasteiger partial charge in [-0.25, -0.2) is 18.2 Å². The van der Waals surface area contributed by atoms with Gasteiger partial charge in [0.05, 0.1) is 12.0 Å². The third kappa shape index (κ3) is 7.30. The van der Waals surface area contributed by atoms with E-state index in [1.165, 1.54) is 13.2 Å². The van der Waals surface area contributed by atoms with Crippen molar-refractivity contribution in [3.63, 3.8) is 0 Å². The van der Waals surface area contributed by atoms with Crippen molar-refractivity contribution in [1.82, 2.24) is 20.2 Å². The van der Waals surface area contributed by atoms with Crippen molar-refractivity contribution in [1.29, 1.82) is 0 Å². The van der Waals surface area contributed by atoms with Crippen LogP contribution in [0.1, 0.15) is 16.8 Å². The summed E-state index contributed by atoms with van der Waals surface area (Å²) in [5.41, 5.74) is 3.07. The number of hydrogen-bond acceptors (Lipinski definition) is 9. The van der Waals surface area contributed by atoms with Crippen LogP contribution in [0.2, 0.25) is 0 Å². The Labute approximate surface area is 198 Å². The lowest BCUT2D eigenvalue weighted by Crippen LogP contribution is -2.21. The number of sulfone groups is 1. The number of nitrogens with one attached hydrogen (secondary N) is 3. The smallest absolute Gasteiger partial charge is 0.490 e. The van der Waals surface area contributed by atoms with Gasteiger partial charge in [-0.15, -0.1) is 0 Å². The molecule has 2 aromatic heterocycles. The molecular weight excluding hydrogens is 493 g/mol. The Morgan fingerprint density at radius 1 is 1.14 bits per heavy atom. The number of benzene rings is 1. The number of aromatic amines is 1. The van der Waals surface area contributed by atoms with Crippen LogP contribution < -0.4 is 15.4 Å². The van der Waals surface area contributed by atoms with Gasteiger partial charge in [-0.1, -0.05) is 0 Å². The van der Waals surface area contributed by atoms with E-state index in [9.17, 15) is 21.6 Å². The maximum Gasteiger partial charge on any atom is 0.490 e. The number of H-pyrrole nitrogens is 1. The molecule has 0 saturated heterocycles. The number of aryl methyl sites for hydroxylation is 1. The summed E-state index contributed by atoms with van der Waals surface area (Å²) in [6, 6.07) is 4.92. The lowest BCUT2D eigenvalue weighted by Gasteiger charge is -2.14. The van der Waals surface area contributed by atoms with Gasteiger partial charge < -0.3 is 20.5 Å². The first-order valence-corrected chi connectivity index (χ1v) is 11.6. The lowest BCUT2D eigenvalue weighted by atomic mass is 10.2. The molecule has 0 aliphatic heterocycles. The Bertz CT molecular complexity index is 1330. The van der Waals surface area contributed by atoms with Gasteiger partial charge in [0.1, 0.15) is 11.6 Å². The number of carbonyl (C=O) groups is 1. The van der Waals surface area contributed by atoms with Crippen LogP contribution in [0.3, 0.4) is 0 Å². The van der Waals surface area contributed by atoms with Crippen molar-refractivity contribution in [3.05, 3.63) is 41.2 Å². The second-order valence-electron chi connectivity index (χ2n) is 7.21. The highest BCUT2D eigenvalue weighted by Gasteiger charge is 2.38. The highest BCUT2D eigenvalue weighted by atomic mass is 32.2. The zero-order chi connectivity index (χ0) is 26.6. The molecule has 0 bridgehead atoms. The number of anilines is 4. The Morgan fingerprint density at radius 3 is 2.26 bits per heavy atom. The molecule has 0 unspecified atom stereocenters. The SMILES string of the molecule is COc1cc(Nc2nccc(Nc3n[nH]c(C)c3C)n2)c(C)c(S(C)(=O)=O)c1.O=C(O)C(F)(F)F. The van der Waals surface area contributed by atoms with Crippen molar-refractivity contribution in [2.24, 2.45) is 0 Å². The summed E-state index contributed by atoms with van der Waals surface area (Å²) in [7, 11) is -1.94. The second kappa shape index (κ2) is 10.6. The zero-order valence-electron chi connectivity index (χ0n) is 19.3. The van der Waals surface area contributed by atoms with Crippen LogP contribution in [-0.4, -0.2) is 59.2 Å². The fourth-order valence-corrected chi connectivity index (χ4v) is 3.63. The topological polar surface area (TPSA) is 159 Å². The number of aliphatic carboxylic acids is 1. The first kappa shape index (κ1) is 27.4. The molecule has 11 nitrogen and oxygen atoms in total. The average molecular weight is 517 g/mol. The maximum atomic E-state index is 12.1. The number of carboxylic acids is 1. The first-order valence-electron chi connectivity index (χ1n) is 9.71. The van der Waals surface area contributed by atoms with E-state index in [0.717, 1.165) is 17.5 Å². The molecule has 0 saturated carbocycles. The Hall–Kier alpha value is -3.88. The molecule has 0 radical (unpaired) electrons. The number of rotatable bonds is 6. The molecule has 0 atom stereocenters. The molecule has 190 valence electrons. The fraction of sp³-hybridized carbons (Fsp3) is 0.300. The third-order valence-electron chi connectivity index (χ3n) is 4.61. The van der Waals surface area contributed by atoms with Crippen LogP contribution in [0.4, 0.5) is 36.4 Å². The van der Waals surface area contributed by atoms with Gasteiger partial charge in [0.25, 0.3) is 0 Å². The minimum absolute atomic E-state index is 0.186. The van der Waals surface area contributed by atoms with E-state index in [1.54, 1.807) is 25.3 Å². The van der Waals surface area contributed by atoms with Gasteiger partial charge in [0.2, 0.25) is 5.95 Å². The molecule has 0 spiro atoms. The van der Waals surface area contributed by atoms with E-state index >= 15 is 0 Å². The summed E-state index contributed by atoms with van der Waals surface area (Å²) in [6.07, 6.45) is -2.33. The van der Waals surface area contributed by atoms with Gasteiger partial charge in [0.15, 0.2) is 15.7 Å². The molecule has 3 aromatic rings. The predicted octanol–water partition coefficient (Wildman–Crippen LogP) is 3.66. The average Bonchev–Trinajstić information content (AvgIpc) is 3.06. The summed E-state index contributed by atoms with van der Waals surface area (Å²) in [6.45, 7) is 5.61. The Kier molecular flexibility index (Phi) is 8.28. The number of ether oxygens (including phenoxy) is 1. The van der Waals surface area contributed by atoms with Crippen LogP contribution in [0.5, 0.6) is 5.75 Å². The summed E-state index contributed by atoms with van der Waals surface area (Å²) in [5.74, 6) is -0.793. The molecule has 3 rings (SSSR count). The Balaban J connectivity index is 0.000000540. The molecule has 2 heterocycles. The summed E-state index contributed by atoms with van der Waals surface area (Å²) < 4.78 is 61.1. The van der Waals surface area contributed by atoms with E-state index in [-0.39, 0.29) is 4.90 Å². The van der Waals surface area contributed by atoms with Gasteiger partial charge >= 0.3 is 12.1 Å². The van der Waals surface area contributed by atoms with Gasteiger partial charge in [-0.3, -0.25) is 5.10 Å². The normalized spacial score (nSPS) is 11.3. The van der Waals surface area contributed by atoms with Crippen molar-refractivity contribution in [2.75, 3.05) is 24.0 Å². The molecule has 4 N–H and O–H groups in total. The van der Waals surface area contributed by atoms with E-state index in [1.807, 2.05) is 13.8 Å². The number of nitrogens with zero attached hydrogens (tertiary/aromatic N) is 3. The van der Waals surface area contributed by atoms with Crippen molar-refractivity contribution >= 4 is 39.1 Å². The maximum absolute atomic E-state index is 12.1. The summed E-state index contributed by atoms with van der Waals surface area (Å²) in [5, 5.41) is 20.4. The van der Waals surface area contributed by atoms with Crippen LogP contribution in [0, 0.1) is 20.8 Å². The van der Waals surface area contributed by atoms with Crippen LogP contribution >= 0.6 is 0 Å². The first-order chi connectivity index (χ1) is 16.1. The van der Waals surface area contributed by atoms with E-state index < -0.39 is 22.0 Å². The van der Waals surface area contributed by atoms with Gasteiger partial charge in [0, 0.05) is 35.5 Å². The molecule has 35 heavy (non-hydrogen) atoms. The zero-order valence-corrected chi connectivity index (χ0v) is 20.1. The van der Waals surface area contributed by atoms with E-state index in [0.29, 0.717) is 34.6 Å². The quantitative estimate of drug-likeness (QED) is 0.381. The Morgan fingerprint density at radius 2 is 1.77 bits per heavy atom. The largest absolute Gasteiger partial charge is 0.497 e. The van der Waals surface area contributed by atoms with Gasteiger partial charge in [-0.2, -0.15) is 23.3 Å². The molecule has 0 aliphatic carbocycles. The van der Waals surface area contributed by atoms with E-state index in [4.69, 9.17) is 14.6 Å². The molecule has 0 amide bonds. The van der Waals surface area contributed by atoms with Crippen LogP contribution in [0.25, 0.3) is 0 Å². The monoisotopic (exact) mass is 516 g/mol. The van der Waals surface area contributed by atoms with Crippen molar-refractivity contribution in [2.45, 2.75) is 31.8 Å². The number of aromatic nitrogens is 4. The van der Waals surface area contributed by atoms with Crippen molar-refractivity contribution in [3.8, 4) is 5.75 Å². The minimum Gasteiger partial charge on any atom is -0.497 e. The summed E-state index contributed by atoms with van der Waals surface area (Å²) >= 11 is 0. The second-order valence-corrected chi connectivity index (χ2v) is 9.20. The highest BCUT2D eigenvalue weighted by molar-refractivity contribution is 7.90. The van der Waals surface area contributed by atoms with E-state index in [2.05, 4.69) is 30.8 Å². The molecule has 15 heteroatoms. The number of methoxy groups -OCH3 is 1. The highest BCUT2D eigenvalue weighted by Crippen LogP contribution is 2.31. The number of carboxylic acid groups (broad SMARTS) is 1. The molecular formula is C20H23F3N6O5S. The standard InChI is InChI=1S/C18H22N6O3S.C2HF3O2/c1-10-12(3)23-24-17(10)21-16-6-7-19-18(22-16)20-14-8-13(27-4)9-15(11(14)2)28(5,25)26;3-2(4,5)1(6)7/h6-9H,1-5H3,(H3,19,20,21,22,23,24);(H,6,7). The number of alkyl halides is 3. The number of halogens is 3. The lowest BCUT2D eigenvalue weighted by molar-refractivity contribution is -0.192. The third-order valence-corrected chi connectivity index (χ3v) is 5.84. The van der Waals surface area contributed by atoms with Crippen molar-refractivity contribution < 1.29 is 36.2 Å².